The zero-order valence-electron chi connectivity index (χ0n) is 11.9. The second-order valence-corrected chi connectivity index (χ2v) is 4.83. The van der Waals surface area contributed by atoms with Gasteiger partial charge < -0.3 is 10.1 Å². The summed E-state index contributed by atoms with van der Waals surface area (Å²) in [5.41, 5.74) is 2.84. The lowest BCUT2D eigenvalue weighted by Gasteiger charge is -2.14. The SMILES string of the molecule is CCCc1c(NC)ncnc1-c1cc(Cl)ccc1OC. The highest BCUT2D eigenvalue weighted by Crippen LogP contribution is 2.35. The molecule has 0 aliphatic rings. The molecule has 0 aliphatic heterocycles. The van der Waals surface area contributed by atoms with E-state index >= 15 is 0 Å². The van der Waals surface area contributed by atoms with Crippen LogP contribution in [0, 0.1) is 0 Å². The van der Waals surface area contributed by atoms with Gasteiger partial charge in [-0.1, -0.05) is 24.9 Å². The molecule has 4 nitrogen and oxygen atoms in total. The lowest BCUT2D eigenvalue weighted by molar-refractivity contribution is 0.416. The number of rotatable bonds is 5. The first-order chi connectivity index (χ1) is 9.71. The highest BCUT2D eigenvalue weighted by atomic mass is 35.5. The Labute approximate surface area is 124 Å². The van der Waals surface area contributed by atoms with Crippen molar-refractivity contribution >= 4 is 17.4 Å². The maximum absolute atomic E-state index is 6.11. The minimum atomic E-state index is 0.660. The van der Waals surface area contributed by atoms with Crippen molar-refractivity contribution in [3.63, 3.8) is 0 Å². The average molecular weight is 292 g/mol. The lowest BCUT2D eigenvalue weighted by atomic mass is 10.0. The van der Waals surface area contributed by atoms with Gasteiger partial charge in [0, 0.05) is 23.2 Å². The van der Waals surface area contributed by atoms with E-state index in [2.05, 4.69) is 22.2 Å². The predicted molar refractivity (Wildman–Crippen MR) is 82.6 cm³/mol. The first kappa shape index (κ1) is 14.6. The van der Waals surface area contributed by atoms with Crippen molar-refractivity contribution in [2.24, 2.45) is 0 Å². The molecule has 5 heteroatoms. The van der Waals surface area contributed by atoms with Gasteiger partial charge in [0.2, 0.25) is 0 Å². The second kappa shape index (κ2) is 6.57. The summed E-state index contributed by atoms with van der Waals surface area (Å²) in [6.45, 7) is 2.13. The third-order valence-electron chi connectivity index (χ3n) is 3.10. The molecular formula is C15H18ClN3O. The van der Waals surface area contributed by atoms with Gasteiger partial charge in [-0.2, -0.15) is 0 Å². The summed E-state index contributed by atoms with van der Waals surface area (Å²) in [5, 5.41) is 3.78. The first-order valence-corrected chi connectivity index (χ1v) is 6.94. The normalized spacial score (nSPS) is 10.4. The van der Waals surface area contributed by atoms with Crippen LogP contribution in [0.1, 0.15) is 18.9 Å². The third kappa shape index (κ3) is 2.85. The molecule has 1 aromatic heterocycles. The van der Waals surface area contributed by atoms with Crippen LogP contribution in [0.4, 0.5) is 5.82 Å². The van der Waals surface area contributed by atoms with E-state index in [0.29, 0.717) is 5.02 Å². The monoisotopic (exact) mass is 291 g/mol. The van der Waals surface area contributed by atoms with Crippen LogP contribution in [0.3, 0.4) is 0 Å². The minimum absolute atomic E-state index is 0.660. The Morgan fingerprint density at radius 1 is 1.30 bits per heavy atom. The average Bonchev–Trinajstić information content (AvgIpc) is 2.47. The summed E-state index contributed by atoms with van der Waals surface area (Å²) in [6, 6.07) is 5.54. The molecule has 2 rings (SSSR count). The molecule has 106 valence electrons. The summed E-state index contributed by atoms with van der Waals surface area (Å²) in [6.07, 6.45) is 3.46. The van der Waals surface area contributed by atoms with Crippen molar-refractivity contribution in [2.75, 3.05) is 19.5 Å². The molecule has 0 aliphatic carbocycles. The van der Waals surface area contributed by atoms with E-state index < -0.39 is 0 Å². The fraction of sp³-hybridized carbons (Fsp3) is 0.333. The van der Waals surface area contributed by atoms with Crippen molar-refractivity contribution in [3.8, 4) is 17.0 Å². The molecule has 0 fully saturated rings. The molecule has 0 saturated heterocycles. The van der Waals surface area contributed by atoms with E-state index in [0.717, 1.165) is 41.2 Å². The molecule has 0 spiro atoms. The fourth-order valence-electron chi connectivity index (χ4n) is 2.21. The Bertz CT molecular complexity index is 602. The maximum atomic E-state index is 6.11. The van der Waals surface area contributed by atoms with Gasteiger partial charge >= 0.3 is 0 Å². The van der Waals surface area contributed by atoms with E-state index in [9.17, 15) is 0 Å². The molecule has 0 unspecified atom stereocenters. The molecule has 0 radical (unpaired) electrons. The van der Waals surface area contributed by atoms with Gasteiger partial charge in [0.25, 0.3) is 0 Å². The number of nitrogens with zero attached hydrogens (tertiary/aromatic N) is 2. The number of halogens is 1. The van der Waals surface area contributed by atoms with Crippen LogP contribution in [0.2, 0.25) is 5.02 Å². The van der Waals surface area contributed by atoms with Gasteiger partial charge in [0.05, 0.1) is 12.8 Å². The predicted octanol–water partition coefficient (Wildman–Crippen LogP) is 3.80. The van der Waals surface area contributed by atoms with Crippen molar-refractivity contribution in [1.82, 2.24) is 9.97 Å². The molecule has 1 heterocycles. The minimum Gasteiger partial charge on any atom is -0.496 e. The van der Waals surface area contributed by atoms with Crippen molar-refractivity contribution in [1.29, 1.82) is 0 Å². The van der Waals surface area contributed by atoms with Gasteiger partial charge in [0.1, 0.15) is 17.9 Å². The Morgan fingerprint density at radius 3 is 2.75 bits per heavy atom. The number of hydrogen-bond donors (Lipinski definition) is 1. The number of aromatic nitrogens is 2. The van der Waals surface area contributed by atoms with Crippen LogP contribution < -0.4 is 10.1 Å². The largest absolute Gasteiger partial charge is 0.496 e. The van der Waals surface area contributed by atoms with Gasteiger partial charge in [-0.25, -0.2) is 9.97 Å². The smallest absolute Gasteiger partial charge is 0.132 e. The van der Waals surface area contributed by atoms with E-state index in [4.69, 9.17) is 16.3 Å². The standard InChI is InChI=1S/C15H18ClN3O/c1-4-5-11-14(18-9-19-15(11)17-2)12-8-10(16)6-7-13(12)20-3/h6-9H,4-5H2,1-3H3,(H,17,18,19). The van der Waals surface area contributed by atoms with Crippen LogP contribution in [-0.4, -0.2) is 24.1 Å². The molecule has 1 N–H and O–H groups in total. The summed E-state index contributed by atoms with van der Waals surface area (Å²) in [4.78, 5) is 8.72. The molecule has 20 heavy (non-hydrogen) atoms. The summed E-state index contributed by atoms with van der Waals surface area (Å²) in [5.74, 6) is 1.60. The van der Waals surface area contributed by atoms with E-state index in [1.807, 2.05) is 25.2 Å². The van der Waals surface area contributed by atoms with Crippen LogP contribution in [0.15, 0.2) is 24.5 Å². The summed E-state index contributed by atoms with van der Waals surface area (Å²) < 4.78 is 5.42. The number of methoxy groups -OCH3 is 1. The molecule has 1 aromatic carbocycles. The fourth-order valence-corrected chi connectivity index (χ4v) is 2.38. The van der Waals surface area contributed by atoms with Gasteiger partial charge in [-0.05, 0) is 24.6 Å². The van der Waals surface area contributed by atoms with Crippen LogP contribution in [0.5, 0.6) is 5.75 Å². The summed E-state index contributed by atoms with van der Waals surface area (Å²) >= 11 is 6.11. The van der Waals surface area contributed by atoms with Crippen molar-refractivity contribution in [3.05, 3.63) is 35.1 Å². The van der Waals surface area contributed by atoms with Crippen molar-refractivity contribution in [2.45, 2.75) is 19.8 Å². The third-order valence-corrected chi connectivity index (χ3v) is 3.33. The molecule has 0 atom stereocenters. The lowest BCUT2D eigenvalue weighted by Crippen LogP contribution is -2.03. The summed E-state index contributed by atoms with van der Waals surface area (Å²) in [7, 11) is 3.51. The Morgan fingerprint density at radius 2 is 2.10 bits per heavy atom. The Kier molecular flexibility index (Phi) is 4.79. The highest BCUT2D eigenvalue weighted by molar-refractivity contribution is 6.31. The Hall–Kier alpha value is -1.81. The number of benzene rings is 1. The number of anilines is 1. The molecule has 0 bridgehead atoms. The van der Waals surface area contributed by atoms with Crippen LogP contribution in [-0.2, 0) is 6.42 Å². The maximum Gasteiger partial charge on any atom is 0.132 e. The molecular weight excluding hydrogens is 274 g/mol. The number of nitrogens with one attached hydrogen (secondary N) is 1. The topological polar surface area (TPSA) is 47.0 Å². The van der Waals surface area contributed by atoms with Gasteiger partial charge in [0.15, 0.2) is 0 Å². The zero-order valence-corrected chi connectivity index (χ0v) is 12.7. The van der Waals surface area contributed by atoms with E-state index in [1.54, 1.807) is 13.4 Å². The van der Waals surface area contributed by atoms with E-state index in [-0.39, 0.29) is 0 Å². The van der Waals surface area contributed by atoms with E-state index in [1.165, 1.54) is 0 Å². The first-order valence-electron chi connectivity index (χ1n) is 6.56. The van der Waals surface area contributed by atoms with Crippen LogP contribution in [0.25, 0.3) is 11.3 Å². The van der Waals surface area contributed by atoms with Gasteiger partial charge in [-0.3, -0.25) is 0 Å². The van der Waals surface area contributed by atoms with Crippen LogP contribution >= 0.6 is 11.6 Å². The molecule has 0 saturated carbocycles. The second-order valence-electron chi connectivity index (χ2n) is 4.39. The Balaban J connectivity index is 2.65. The van der Waals surface area contributed by atoms with Gasteiger partial charge in [-0.15, -0.1) is 0 Å². The highest BCUT2D eigenvalue weighted by Gasteiger charge is 2.15. The molecule has 0 amide bonds. The number of ether oxygens (including phenoxy) is 1. The van der Waals surface area contributed by atoms with Crippen molar-refractivity contribution < 1.29 is 4.74 Å². The zero-order chi connectivity index (χ0) is 14.5. The molecule has 2 aromatic rings. The quantitative estimate of drug-likeness (QED) is 0.910. The number of hydrogen-bond acceptors (Lipinski definition) is 4.